The number of carbonyl (C=O) groups is 1. The Hall–Kier alpha value is -2.56. The van der Waals surface area contributed by atoms with E-state index in [2.05, 4.69) is 5.32 Å². The average Bonchev–Trinajstić information content (AvgIpc) is 2.61. The minimum Gasteiger partial charge on any atom is -0.322 e. The van der Waals surface area contributed by atoms with Gasteiger partial charge in [0, 0.05) is 18.0 Å². The largest absolute Gasteiger partial charge is 0.322 e. The van der Waals surface area contributed by atoms with Gasteiger partial charge < -0.3 is 9.88 Å². The lowest BCUT2D eigenvalue weighted by molar-refractivity contribution is 0.102. The highest BCUT2D eigenvalue weighted by Crippen LogP contribution is 2.22. The summed E-state index contributed by atoms with van der Waals surface area (Å²) in [5.74, 6) is -0.283. The monoisotopic (exact) mass is 372 g/mol. The fourth-order valence-electron chi connectivity index (χ4n) is 2.35. The van der Waals surface area contributed by atoms with Gasteiger partial charge in [-0.05, 0) is 35.9 Å². The van der Waals surface area contributed by atoms with Crippen molar-refractivity contribution in [2.75, 3.05) is 5.32 Å². The van der Waals surface area contributed by atoms with E-state index in [4.69, 9.17) is 23.2 Å². The van der Waals surface area contributed by atoms with Gasteiger partial charge in [-0.3, -0.25) is 9.59 Å². The number of halogens is 2. The Bertz CT molecular complexity index is 969. The number of anilines is 1. The van der Waals surface area contributed by atoms with E-state index in [0.29, 0.717) is 27.8 Å². The summed E-state index contributed by atoms with van der Waals surface area (Å²) in [5.41, 5.74) is 1.69. The summed E-state index contributed by atoms with van der Waals surface area (Å²) in [6.45, 7) is 0.294. The molecule has 6 heteroatoms. The molecule has 0 saturated heterocycles. The summed E-state index contributed by atoms with van der Waals surface area (Å²) in [5, 5.41) is 3.67. The van der Waals surface area contributed by atoms with Crippen molar-refractivity contribution >= 4 is 34.8 Å². The van der Waals surface area contributed by atoms with Crippen LogP contribution in [0.3, 0.4) is 0 Å². The third-order valence-corrected chi connectivity index (χ3v) is 4.35. The Morgan fingerprint density at radius 1 is 0.960 bits per heavy atom. The standard InChI is InChI=1S/C19H14Cl2N2O2/c20-16-8-6-13(10-17(16)21)11-23-12-14(7-9-18(23)24)19(25)22-15-4-2-1-3-5-15/h1-10,12H,11H2,(H,22,25). The number of aromatic nitrogens is 1. The van der Waals surface area contributed by atoms with Gasteiger partial charge in [0.05, 0.1) is 22.2 Å². The minimum absolute atomic E-state index is 0.206. The van der Waals surface area contributed by atoms with Crippen LogP contribution in [0.1, 0.15) is 15.9 Å². The average molecular weight is 373 g/mol. The third-order valence-electron chi connectivity index (χ3n) is 3.61. The first-order valence-electron chi connectivity index (χ1n) is 7.54. The molecule has 0 unspecified atom stereocenters. The van der Waals surface area contributed by atoms with Crippen LogP contribution in [0, 0.1) is 0 Å². The van der Waals surface area contributed by atoms with Crippen molar-refractivity contribution in [3.63, 3.8) is 0 Å². The van der Waals surface area contributed by atoms with Gasteiger partial charge in [-0.1, -0.05) is 47.5 Å². The van der Waals surface area contributed by atoms with Crippen LogP contribution in [0.2, 0.25) is 10.0 Å². The molecular formula is C19H14Cl2N2O2. The molecule has 1 heterocycles. The highest BCUT2D eigenvalue weighted by molar-refractivity contribution is 6.42. The molecule has 0 aliphatic heterocycles. The second-order valence-corrected chi connectivity index (χ2v) is 6.27. The first kappa shape index (κ1) is 17.3. The smallest absolute Gasteiger partial charge is 0.257 e. The quantitative estimate of drug-likeness (QED) is 0.734. The van der Waals surface area contributed by atoms with Crippen molar-refractivity contribution in [2.45, 2.75) is 6.54 Å². The lowest BCUT2D eigenvalue weighted by Crippen LogP contribution is -2.22. The molecular weight excluding hydrogens is 359 g/mol. The lowest BCUT2D eigenvalue weighted by Gasteiger charge is -2.10. The normalized spacial score (nSPS) is 10.5. The zero-order valence-corrected chi connectivity index (χ0v) is 14.6. The van der Waals surface area contributed by atoms with Gasteiger partial charge in [0.25, 0.3) is 11.5 Å². The predicted molar refractivity (Wildman–Crippen MR) is 101 cm³/mol. The molecule has 25 heavy (non-hydrogen) atoms. The van der Waals surface area contributed by atoms with E-state index >= 15 is 0 Å². The van der Waals surface area contributed by atoms with Crippen LogP contribution in [-0.2, 0) is 6.54 Å². The maximum Gasteiger partial charge on any atom is 0.257 e. The summed E-state index contributed by atoms with van der Waals surface area (Å²) in [7, 11) is 0. The second kappa shape index (κ2) is 7.55. The number of hydrogen-bond acceptors (Lipinski definition) is 2. The van der Waals surface area contributed by atoms with E-state index in [9.17, 15) is 9.59 Å². The molecule has 1 amide bonds. The molecule has 0 spiro atoms. The van der Waals surface area contributed by atoms with Crippen molar-refractivity contribution in [3.05, 3.63) is 98.4 Å². The van der Waals surface area contributed by atoms with Crippen LogP contribution < -0.4 is 10.9 Å². The molecule has 0 fully saturated rings. The van der Waals surface area contributed by atoms with Crippen LogP contribution in [-0.4, -0.2) is 10.5 Å². The molecule has 3 rings (SSSR count). The number of nitrogens with zero attached hydrogens (tertiary/aromatic N) is 1. The maximum atomic E-state index is 12.4. The molecule has 0 aliphatic carbocycles. The number of benzene rings is 2. The van der Waals surface area contributed by atoms with Gasteiger partial charge in [0.1, 0.15) is 0 Å². The zero-order valence-electron chi connectivity index (χ0n) is 13.1. The highest BCUT2D eigenvalue weighted by atomic mass is 35.5. The summed E-state index contributed by atoms with van der Waals surface area (Å²) in [4.78, 5) is 24.4. The van der Waals surface area contributed by atoms with E-state index in [1.165, 1.54) is 22.9 Å². The molecule has 0 atom stereocenters. The van der Waals surface area contributed by atoms with Crippen molar-refractivity contribution in [3.8, 4) is 0 Å². The summed E-state index contributed by atoms with van der Waals surface area (Å²) in [6.07, 6.45) is 1.53. The number of rotatable bonds is 4. The molecule has 4 nitrogen and oxygen atoms in total. The molecule has 0 radical (unpaired) electrons. The Morgan fingerprint density at radius 3 is 2.44 bits per heavy atom. The van der Waals surface area contributed by atoms with E-state index in [-0.39, 0.29) is 11.5 Å². The van der Waals surface area contributed by atoms with E-state index in [1.807, 2.05) is 18.2 Å². The van der Waals surface area contributed by atoms with Gasteiger partial charge in [-0.25, -0.2) is 0 Å². The molecule has 2 aromatic carbocycles. The van der Waals surface area contributed by atoms with Crippen LogP contribution in [0.15, 0.2) is 71.7 Å². The summed E-state index contributed by atoms with van der Waals surface area (Å²) >= 11 is 11.9. The maximum absolute atomic E-state index is 12.4. The Labute approximate surface area is 154 Å². The van der Waals surface area contributed by atoms with Gasteiger partial charge in [0.15, 0.2) is 0 Å². The first-order chi connectivity index (χ1) is 12.0. The fourth-order valence-corrected chi connectivity index (χ4v) is 2.67. The predicted octanol–water partition coefficient (Wildman–Crippen LogP) is 4.46. The van der Waals surface area contributed by atoms with Crippen LogP contribution in [0.25, 0.3) is 0 Å². The van der Waals surface area contributed by atoms with Crippen molar-refractivity contribution < 1.29 is 4.79 Å². The number of carbonyl (C=O) groups excluding carboxylic acids is 1. The zero-order chi connectivity index (χ0) is 17.8. The number of pyridine rings is 1. The Balaban J connectivity index is 1.83. The third kappa shape index (κ3) is 4.29. The Kier molecular flexibility index (Phi) is 5.22. The number of hydrogen-bond donors (Lipinski definition) is 1. The van der Waals surface area contributed by atoms with E-state index in [0.717, 1.165) is 5.56 Å². The molecule has 0 aliphatic rings. The number of para-hydroxylation sites is 1. The van der Waals surface area contributed by atoms with Crippen molar-refractivity contribution in [2.24, 2.45) is 0 Å². The molecule has 3 aromatic rings. The highest BCUT2D eigenvalue weighted by Gasteiger charge is 2.09. The molecule has 1 N–H and O–H groups in total. The Morgan fingerprint density at radius 2 is 1.72 bits per heavy atom. The molecule has 126 valence electrons. The van der Waals surface area contributed by atoms with Crippen molar-refractivity contribution in [1.29, 1.82) is 0 Å². The first-order valence-corrected chi connectivity index (χ1v) is 8.29. The van der Waals surface area contributed by atoms with Crippen LogP contribution in [0.5, 0.6) is 0 Å². The SMILES string of the molecule is O=C(Nc1ccccc1)c1ccc(=O)n(Cc2ccc(Cl)c(Cl)c2)c1. The summed E-state index contributed by atoms with van der Waals surface area (Å²) in [6, 6.07) is 17.2. The molecule has 0 bridgehead atoms. The second-order valence-electron chi connectivity index (χ2n) is 5.45. The lowest BCUT2D eigenvalue weighted by atomic mass is 10.2. The van der Waals surface area contributed by atoms with Gasteiger partial charge >= 0.3 is 0 Å². The summed E-state index contributed by atoms with van der Waals surface area (Å²) < 4.78 is 1.46. The van der Waals surface area contributed by atoms with E-state index < -0.39 is 0 Å². The van der Waals surface area contributed by atoms with Gasteiger partial charge in [0.2, 0.25) is 0 Å². The fraction of sp³-hybridized carbons (Fsp3) is 0.0526. The van der Waals surface area contributed by atoms with Crippen LogP contribution in [0.4, 0.5) is 5.69 Å². The van der Waals surface area contributed by atoms with E-state index in [1.54, 1.807) is 30.3 Å². The number of amides is 1. The van der Waals surface area contributed by atoms with Gasteiger partial charge in [-0.15, -0.1) is 0 Å². The molecule has 1 aromatic heterocycles. The van der Waals surface area contributed by atoms with Crippen molar-refractivity contribution in [1.82, 2.24) is 4.57 Å². The molecule has 0 saturated carbocycles. The number of nitrogens with one attached hydrogen (secondary N) is 1. The van der Waals surface area contributed by atoms with Gasteiger partial charge in [-0.2, -0.15) is 0 Å². The minimum atomic E-state index is -0.283. The van der Waals surface area contributed by atoms with Crippen LogP contribution >= 0.6 is 23.2 Å². The topological polar surface area (TPSA) is 51.1 Å².